The highest BCUT2D eigenvalue weighted by Gasteiger charge is 2.39. The lowest BCUT2D eigenvalue weighted by Gasteiger charge is -2.18. The van der Waals surface area contributed by atoms with E-state index in [1.807, 2.05) is 31.2 Å². The number of carbonyl (C=O) groups is 2. The van der Waals surface area contributed by atoms with Gasteiger partial charge < -0.3 is 15.0 Å². The smallest absolute Gasteiger partial charge is 0.225 e. The maximum atomic E-state index is 13.0. The monoisotopic (exact) mass is 384 g/mol. The molecular formula is C22H25FN2O3. The number of amides is 2. The molecule has 6 heteroatoms. The number of nitrogens with one attached hydrogen (secondary N) is 1. The Hall–Kier alpha value is -2.89. The van der Waals surface area contributed by atoms with Crippen LogP contribution in [0.5, 0.6) is 5.75 Å². The Morgan fingerprint density at radius 3 is 2.39 bits per heavy atom. The predicted molar refractivity (Wildman–Crippen MR) is 104 cm³/mol. The normalized spacial score (nSPS) is 18.8. The third-order valence-electron chi connectivity index (χ3n) is 5.24. The van der Waals surface area contributed by atoms with Crippen LogP contribution in [0.25, 0.3) is 0 Å². The van der Waals surface area contributed by atoms with Crippen LogP contribution >= 0.6 is 0 Å². The quantitative estimate of drug-likeness (QED) is 0.833. The molecule has 0 bridgehead atoms. The first-order chi connectivity index (χ1) is 13.5. The van der Waals surface area contributed by atoms with Crippen molar-refractivity contribution in [3.05, 3.63) is 65.5 Å². The Kier molecular flexibility index (Phi) is 6.29. The third-order valence-corrected chi connectivity index (χ3v) is 5.24. The molecule has 2 atom stereocenters. The number of hydrogen-bond acceptors (Lipinski definition) is 3. The summed E-state index contributed by atoms with van der Waals surface area (Å²) in [5.74, 6) is -0.0115. The van der Waals surface area contributed by atoms with Crippen LogP contribution in [0.3, 0.4) is 0 Å². The van der Waals surface area contributed by atoms with Crippen molar-refractivity contribution in [2.75, 3.05) is 20.2 Å². The van der Waals surface area contributed by atoms with Crippen LogP contribution in [-0.2, 0) is 16.1 Å². The predicted octanol–water partition coefficient (Wildman–Crippen LogP) is 3.10. The number of rotatable bonds is 6. The molecule has 0 aliphatic carbocycles. The third kappa shape index (κ3) is 4.50. The van der Waals surface area contributed by atoms with Gasteiger partial charge >= 0.3 is 0 Å². The molecule has 3 rings (SSSR count). The van der Waals surface area contributed by atoms with Crippen molar-refractivity contribution in [3.63, 3.8) is 0 Å². The van der Waals surface area contributed by atoms with Crippen LogP contribution in [0.15, 0.2) is 48.5 Å². The molecule has 1 aliphatic heterocycles. The van der Waals surface area contributed by atoms with Crippen LogP contribution < -0.4 is 10.1 Å². The van der Waals surface area contributed by atoms with Gasteiger partial charge in [0.05, 0.1) is 13.0 Å². The van der Waals surface area contributed by atoms with Crippen LogP contribution in [0.2, 0.25) is 0 Å². The van der Waals surface area contributed by atoms with Gasteiger partial charge in [0.1, 0.15) is 11.6 Å². The van der Waals surface area contributed by atoms with Gasteiger partial charge in [-0.25, -0.2) is 4.39 Å². The van der Waals surface area contributed by atoms with Gasteiger partial charge in [0.25, 0.3) is 0 Å². The van der Waals surface area contributed by atoms with Crippen molar-refractivity contribution >= 4 is 11.8 Å². The average molecular weight is 384 g/mol. The van der Waals surface area contributed by atoms with Gasteiger partial charge in [-0.1, -0.05) is 31.2 Å². The molecule has 0 spiro atoms. The number of likely N-dealkylation sites (tertiary alicyclic amines) is 1. The molecule has 1 aliphatic rings. The number of ether oxygens (including phenoxy) is 1. The van der Waals surface area contributed by atoms with Crippen LogP contribution in [0.4, 0.5) is 4.39 Å². The Balaban J connectivity index is 1.74. The Labute approximate surface area is 164 Å². The number of nitrogens with zero attached hydrogens (tertiary/aromatic N) is 1. The molecule has 1 fully saturated rings. The lowest BCUT2D eigenvalue weighted by atomic mass is 9.88. The number of carbonyl (C=O) groups excluding carboxylic acids is 2. The van der Waals surface area contributed by atoms with Crippen LogP contribution in [0, 0.1) is 11.7 Å². The molecule has 0 saturated carbocycles. The molecule has 148 valence electrons. The standard InChI is InChI=1S/C22H25FN2O3/c1-3-21(26)25-13-19(16-6-10-18(28-2)11-7-16)20(14-25)22(27)24-12-15-4-8-17(23)9-5-15/h4-11,19-20H,3,12-14H2,1-2H3,(H,24,27)/t19-,20+/m1/s1. The second kappa shape index (κ2) is 8.87. The summed E-state index contributed by atoms with van der Waals surface area (Å²) in [4.78, 5) is 26.9. The minimum absolute atomic E-state index is 0.0485. The summed E-state index contributed by atoms with van der Waals surface area (Å²) in [6.07, 6.45) is 0.416. The average Bonchev–Trinajstić information content (AvgIpc) is 3.18. The molecule has 1 N–H and O–H groups in total. The van der Waals surface area contributed by atoms with E-state index in [1.165, 1.54) is 12.1 Å². The van der Waals surface area contributed by atoms with E-state index in [-0.39, 0.29) is 29.5 Å². The van der Waals surface area contributed by atoms with E-state index in [1.54, 1.807) is 24.1 Å². The fourth-order valence-electron chi connectivity index (χ4n) is 3.61. The van der Waals surface area contributed by atoms with Gasteiger partial charge in [-0.3, -0.25) is 9.59 Å². The zero-order valence-corrected chi connectivity index (χ0v) is 16.2. The fourth-order valence-corrected chi connectivity index (χ4v) is 3.61. The summed E-state index contributed by atoms with van der Waals surface area (Å²) in [5.41, 5.74) is 1.84. The molecule has 2 amide bonds. The molecule has 2 aromatic carbocycles. The number of hydrogen-bond donors (Lipinski definition) is 1. The van der Waals surface area contributed by atoms with Gasteiger partial charge in [0.15, 0.2) is 0 Å². The second-order valence-corrected chi connectivity index (χ2v) is 6.98. The van der Waals surface area contributed by atoms with E-state index in [0.29, 0.717) is 26.1 Å². The zero-order valence-electron chi connectivity index (χ0n) is 16.2. The molecule has 1 saturated heterocycles. The first kappa shape index (κ1) is 19.9. The maximum absolute atomic E-state index is 13.0. The molecule has 1 heterocycles. The number of benzene rings is 2. The summed E-state index contributed by atoms with van der Waals surface area (Å²) in [6, 6.07) is 13.7. The van der Waals surface area contributed by atoms with E-state index in [4.69, 9.17) is 4.74 Å². The minimum Gasteiger partial charge on any atom is -0.497 e. The van der Waals surface area contributed by atoms with Crippen molar-refractivity contribution in [2.45, 2.75) is 25.8 Å². The molecule has 0 unspecified atom stereocenters. The van der Waals surface area contributed by atoms with Gasteiger partial charge in [-0.2, -0.15) is 0 Å². The molecule has 28 heavy (non-hydrogen) atoms. The molecule has 0 aromatic heterocycles. The van der Waals surface area contributed by atoms with E-state index in [0.717, 1.165) is 16.9 Å². The molecule has 5 nitrogen and oxygen atoms in total. The van der Waals surface area contributed by atoms with E-state index in [2.05, 4.69) is 5.32 Å². The lowest BCUT2D eigenvalue weighted by Crippen LogP contribution is -2.35. The van der Waals surface area contributed by atoms with Crippen molar-refractivity contribution in [2.24, 2.45) is 5.92 Å². The zero-order chi connectivity index (χ0) is 20.1. The second-order valence-electron chi connectivity index (χ2n) is 6.98. The van der Waals surface area contributed by atoms with Crippen molar-refractivity contribution in [1.82, 2.24) is 10.2 Å². The highest BCUT2D eigenvalue weighted by Crippen LogP contribution is 2.34. The van der Waals surface area contributed by atoms with Gasteiger partial charge in [-0.15, -0.1) is 0 Å². The first-order valence-corrected chi connectivity index (χ1v) is 9.45. The Bertz CT molecular complexity index is 821. The van der Waals surface area contributed by atoms with E-state index in [9.17, 15) is 14.0 Å². The van der Waals surface area contributed by atoms with Crippen molar-refractivity contribution < 1.29 is 18.7 Å². The van der Waals surface area contributed by atoms with Crippen LogP contribution in [-0.4, -0.2) is 36.9 Å². The minimum atomic E-state index is -0.329. The summed E-state index contributed by atoms with van der Waals surface area (Å²) in [6.45, 7) is 3.07. The Morgan fingerprint density at radius 1 is 1.11 bits per heavy atom. The van der Waals surface area contributed by atoms with E-state index < -0.39 is 0 Å². The summed E-state index contributed by atoms with van der Waals surface area (Å²) < 4.78 is 18.3. The summed E-state index contributed by atoms with van der Waals surface area (Å²) >= 11 is 0. The molecule has 2 aromatic rings. The maximum Gasteiger partial charge on any atom is 0.225 e. The first-order valence-electron chi connectivity index (χ1n) is 9.45. The van der Waals surface area contributed by atoms with Crippen LogP contribution in [0.1, 0.15) is 30.4 Å². The molecule has 0 radical (unpaired) electrons. The fraction of sp³-hybridized carbons (Fsp3) is 0.364. The number of methoxy groups -OCH3 is 1. The topological polar surface area (TPSA) is 58.6 Å². The van der Waals surface area contributed by atoms with Crippen molar-refractivity contribution in [3.8, 4) is 5.75 Å². The highest BCUT2D eigenvalue weighted by molar-refractivity contribution is 5.83. The number of halogens is 1. The molecular weight excluding hydrogens is 359 g/mol. The largest absolute Gasteiger partial charge is 0.497 e. The van der Waals surface area contributed by atoms with E-state index >= 15 is 0 Å². The summed E-state index contributed by atoms with van der Waals surface area (Å²) in [5, 5.41) is 2.94. The Morgan fingerprint density at radius 2 is 1.79 bits per heavy atom. The van der Waals surface area contributed by atoms with Crippen molar-refractivity contribution in [1.29, 1.82) is 0 Å². The van der Waals surface area contributed by atoms with Gasteiger partial charge in [-0.05, 0) is 35.4 Å². The van der Waals surface area contributed by atoms with Gasteiger partial charge in [0, 0.05) is 32.0 Å². The lowest BCUT2D eigenvalue weighted by molar-refractivity contribution is -0.130. The summed E-state index contributed by atoms with van der Waals surface area (Å²) in [7, 11) is 1.61. The SMILES string of the molecule is CCC(=O)N1C[C@H](C(=O)NCc2ccc(F)cc2)[C@@H](c2ccc(OC)cc2)C1. The highest BCUT2D eigenvalue weighted by atomic mass is 19.1. The van der Waals surface area contributed by atoms with Gasteiger partial charge in [0.2, 0.25) is 11.8 Å².